The molecule has 6 heteroatoms. The van der Waals surface area contributed by atoms with Crippen LogP contribution in [-0.2, 0) is 11.3 Å². The molecule has 26 heavy (non-hydrogen) atoms. The summed E-state index contributed by atoms with van der Waals surface area (Å²) in [4.78, 5) is 32.9. The molecule has 0 aliphatic carbocycles. The van der Waals surface area contributed by atoms with E-state index in [9.17, 15) is 9.59 Å². The van der Waals surface area contributed by atoms with E-state index in [-0.39, 0.29) is 18.5 Å². The summed E-state index contributed by atoms with van der Waals surface area (Å²) in [6, 6.07) is 10.7. The molecule has 1 aliphatic rings. The second-order valence-electron chi connectivity index (χ2n) is 6.79. The van der Waals surface area contributed by atoms with E-state index < -0.39 is 6.04 Å². The quantitative estimate of drug-likeness (QED) is 0.682. The van der Waals surface area contributed by atoms with Crippen LogP contribution in [0.25, 0.3) is 5.65 Å². The predicted molar refractivity (Wildman–Crippen MR) is 99.0 cm³/mol. The van der Waals surface area contributed by atoms with Crippen LogP contribution in [0, 0.1) is 13.8 Å². The van der Waals surface area contributed by atoms with Gasteiger partial charge in [-0.1, -0.05) is 23.8 Å². The van der Waals surface area contributed by atoms with E-state index in [1.807, 2.05) is 67.0 Å². The van der Waals surface area contributed by atoms with Crippen molar-refractivity contribution in [2.24, 2.45) is 0 Å². The lowest BCUT2D eigenvalue weighted by Gasteiger charge is -2.19. The minimum atomic E-state index is -0.524. The standard InChI is InChI=1S/C20H20N4O2/c1-13-4-7-17(8-5-13)24-15(3)19(25)23(20(24)26)12-16-11-22-10-14(2)6-9-18(22)21-16/h4-11,15H,12H2,1-3H3/t15-/m1/s1. The summed E-state index contributed by atoms with van der Waals surface area (Å²) in [5, 5.41) is 0. The molecule has 2 aromatic heterocycles. The number of anilines is 1. The summed E-state index contributed by atoms with van der Waals surface area (Å²) >= 11 is 0. The molecule has 3 amide bonds. The van der Waals surface area contributed by atoms with Crippen LogP contribution in [0.4, 0.5) is 10.5 Å². The molecular formula is C20H20N4O2. The molecule has 1 atom stereocenters. The number of imide groups is 1. The number of aromatic nitrogens is 2. The van der Waals surface area contributed by atoms with E-state index in [1.165, 1.54) is 4.90 Å². The van der Waals surface area contributed by atoms with Gasteiger partial charge in [0.15, 0.2) is 0 Å². The number of aryl methyl sites for hydroxylation is 2. The highest BCUT2D eigenvalue weighted by Gasteiger charge is 2.43. The first-order valence-corrected chi connectivity index (χ1v) is 8.59. The lowest BCUT2D eigenvalue weighted by molar-refractivity contribution is -0.127. The second-order valence-corrected chi connectivity index (χ2v) is 6.79. The molecule has 3 heterocycles. The summed E-state index contributed by atoms with van der Waals surface area (Å²) in [5.41, 5.74) is 4.45. The SMILES string of the molecule is Cc1ccc(N2C(=O)N(Cc3cn4cc(C)ccc4n3)C(=O)[C@H]2C)cc1. The third-order valence-electron chi connectivity index (χ3n) is 4.73. The van der Waals surface area contributed by atoms with Crippen molar-refractivity contribution in [2.45, 2.75) is 33.4 Å². The van der Waals surface area contributed by atoms with Crippen LogP contribution in [-0.4, -0.2) is 32.3 Å². The number of fused-ring (bicyclic) bond motifs is 1. The van der Waals surface area contributed by atoms with Crippen molar-refractivity contribution in [3.05, 3.63) is 65.6 Å². The zero-order valence-electron chi connectivity index (χ0n) is 15.0. The van der Waals surface area contributed by atoms with Crippen molar-refractivity contribution in [3.63, 3.8) is 0 Å². The van der Waals surface area contributed by atoms with E-state index in [0.717, 1.165) is 22.5 Å². The molecule has 132 valence electrons. The van der Waals surface area contributed by atoms with E-state index in [2.05, 4.69) is 4.98 Å². The number of urea groups is 1. The van der Waals surface area contributed by atoms with Crippen molar-refractivity contribution >= 4 is 23.3 Å². The molecule has 1 fully saturated rings. The van der Waals surface area contributed by atoms with Crippen LogP contribution < -0.4 is 4.90 Å². The number of carbonyl (C=O) groups is 2. The average Bonchev–Trinajstić information content (AvgIpc) is 3.10. The average molecular weight is 348 g/mol. The van der Waals surface area contributed by atoms with E-state index in [0.29, 0.717) is 5.69 Å². The first-order valence-electron chi connectivity index (χ1n) is 8.59. The van der Waals surface area contributed by atoms with Gasteiger partial charge in [-0.2, -0.15) is 0 Å². The maximum Gasteiger partial charge on any atom is 0.332 e. The highest BCUT2D eigenvalue weighted by atomic mass is 16.2. The Labute approximate surface area is 151 Å². The van der Waals surface area contributed by atoms with Crippen LogP contribution in [0.15, 0.2) is 48.8 Å². The topological polar surface area (TPSA) is 57.9 Å². The molecule has 0 spiro atoms. The summed E-state index contributed by atoms with van der Waals surface area (Å²) in [6.45, 7) is 5.92. The molecule has 0 saturated carbocycles. The number of hydrogen-bond acceptors (Lipinski definition) is 3. The van der Waals surface area contributed by atoms with E-state index >= 15 is 0 Å². The van der Waals surface area contributed by atoms with Gasteiger partial charge < -0.3 is 4.40 Å². The Morgan fingerprint density at radius 3 is 2.38 bits per heavy atom. The van der Waals surface area contributed by atoms with Crippen molar-refractivity contribution in [3.8, 4) is 0 Å². The zero-order chi connectivity index (χ0) is 18.4. The molecule has 1 aromatic carbocycles. The van der Waals surface area contributed by atoms with Crippen LogP contribution in [0.3, 0.4) is 0 Å². The zero-order valence-corrected chi connectivity index (χ0v) is 15.0. The number of rotatable bonds is 3. The van der Waals surface area contributed by atoms with Gasteiger partial charge in [0.2, 0.25) is 0 Å². The maximum atomic E-state index is 12.9. The van der Waals surface area contributed by atoms with E-state index in [4.69, 9.17) is 0 Å². The van der Waals surface area contributed by atoms with Crippen LogP contribution in [0.2, 0.25) is 0 Å². The number of amides is 3. The predicted octanol–water partition coefficient (Wildman–Crippen LogP) is 3.31. The minimum absolute atomic E-state index is 0.172. The van der Waals surface area contributed by atoms with Crippen LogP contribution in [0.1, 0.15) is 23.7 Å². The Morgan fingerprint density at radius 1 is 0.962 bits per heavy atom. The Hall–Kier alpha value is -3.15. The fourth-order valence-electron chi connectivity index (χ4n) is 3.30. The molecule has 3 aromatic rings. The summed E-state index contributed by atoms with van der Waals surface area (Å²) in [6.07, 6.45) is 3.84. The van der Waals surface area contributed by atoms with Crippen LogP contribution >= 0.6 is 0 Å². The number of imidazole rings is 1. The minimum Gasteiger partial charge on any atom is -0.306 e. The first kappa shape index (κ1) is 16.3. The fraction of sp³-hybridized carbons (Fsp3) is 0.250. The van der Waals surface area contributed by atoms with Gasteiger partial charge in [0.1, 0.15) is 11.7 Å². The molecule has 6 nitrogen and oxygen atoms in total. The third kappa shape index (κ3) is 2.63. The third-order valence-corrected chi connectivity index (χ3v) is 4.73. The van der Waals surface area contributed by atoms with Gasteiger partial charge in [-0.25, -0.2) is 9.78 Å². The molecule has 0 N–H and O–H groups in total. The van der Waals surface area contributed by atoms with Crippen molar-refractivity contribution in [1.29, 1.82) is 0 Å². The molecule has 4 rings (SSSR count). The number of nitrogens with zero attached hydrogens (tertiary/aromatic N) is 4. The lowest BCUT2D eigenvalue weighted by Crippen LogP contribution is -2.33. The number of pyridine rings is 1. The summed E-state index contributed by atoms with van der Waals surface area (Å²) < 4.78 is 1.91. The second kappa shape index (κ2) is 5.98. The lowest BCUT2D eigenvalue weighted by atomic mass is 10.2. The Bertz CT molecular complexity index is 1010. The Morgan fingerprint density at radius 2 is 1.65 bits per heavy atom. The number of carbonyl (C=O) groups excluding carboxylic acids is 2. The van der Waals surface area contributed by atoms with Crippen molar-refractivity contribution < 1.29 is 9.59 Å². The van der Waals surface area contributed by atoms with Crippen LogP contribution in [0.5, 0.6) is 0 Å². The number of hydrogen-bond donors (Lipinski definition) is 0. The van der Waals surface area contributed by atoms with Gasteiger partial charge in [0, 0.05) is 18.1 Å². The highest BCUT2D eigenvalue weighted by molar-refractivity contribution is 6.13. The van der Waals surface area contributed by atoms with Crippen molar-refractivity contribution in [1.82, 2.24) is 14.3 Å². The van der Waals surface area contributed by atoms with Gasteiger partial charge in [0.05, 0.1) is 12.2 Å². The highest BCUT2D eigenvalue weighted by Crippen LogP contribution is 2.27. The van der Waals surface area contributed by atoms with Gasteiger partial charge in [0.25, 0.3) is 5.91 Å². The summed E-state index contributed by atoms with van der Waals surface area (Å²) in [5.74, 6) is -0.205. The van der Waals surface area contributed by atoms with Gasteiger partial charge >= 0.3 is 6.03 Å². The van der Waals surface area contributed by atoms with Gasteiger partial charge in [-0.05, 0) is 44.5 Å². The Balaban J connectivity index is 1.62. The molecule has 0 bridgehead atoms. The molecule has 1 aliphatic heterocycles. The Kier molecular flexibility index (Phi) is 3.76. The van der Waals surface area contributed by atoms with Gasteiger partial charge in [-0.3, -0.25) is 14.6 Å². The molecular weight excluding hydrogens is 328 g/mol. The molecule has 1 saturated heterocycles. The first-order chi connectivity index (χ1) is 12.4. The monoisotopic (exact) mass is 348 g/mol. The smallest absolute Gasteiger partial charge is 0.306 e. The van der Waals surface area contributed by atoms with Crippen molar-refractivity contribution in [2.75, 3.05) is 4.90 Å². The van der Waals surface area contributed by atoms with Gasteiger partial charge in [-0.15, -0.1) is 0 Å². The fourth-order valence-corrected chi connectivity index (χ4v) is 3.30. The molecule has 0 unspecified atom stereocenters. The largest absolute Gasteiger partial charge is 0.332 e. The maximum absolute atomic E-state index is 12.9. The summed E-state index contributed by atoms with van der Waals surface area (Å²) in [7, 11) is 0. The van der Waals surface area contributed by atoms with E-state index in [1.54, 1.807) is 11.8 Å². The number of benzene rings is 1. The normalized spacial score (nSPS) is 17.6. The molecule has 0 radical (unpaired) electrons.